The van der Waals surface area contributed by atoms with Crippen LogP contribution < -0.4 is 0 Å². The Labute approximate surface area is 195 Å². The summed E-state index contributed by atoms with van der Waals surface area (Å²) in [7, 11) is 0. The zero-order valence-electron chi connectivity index (χ0n) is 18.4. The molecule has 0 heterocycles. The maximum Gasteiger partial charge on any atom is 0.189 e. The highest BCUT2D eigenvalue weighted by Crippen LogP contribution is 2.32. The summed E-state index contributed by atoms with van der Waals surface area (Å²) in [5, 5.41) is 53.5. The maximum atomic E-state index is 10.5. The number of carbonyl (C=O) groups excluding carboxylic acids is 1. The predicted molar refractivity (Wildman–Crippen MR) is 134 cm³/mol. The van der Waals surface area contributed by atoms with E-state index < -0.39 is 37.3 Å². The molecule has 0 aromatic heterocycles. The number of rotatable bonds is 5. The maximum absolute atomic E-state index is 10.5. The molecule has 34 heavy (non-hydrogen) atoms. The molecule has 3 unspecified atom stereocenters. The van der Waals surface area contributed by atoms with Crippen LogP contribution in [0.3, 0.4) is 0 Å². The minimum atomic E-state index is -1.86. The first-order chi connectivity index (χ1) is 16.4. The fourth-order valence-corrected chi connectivity index (χ4v) is 4.04. The predicted octanol–water partition coefficient (Wildman–Crippen LogP) is 2.92. The highest BCUT2D eigenvalue weighted by molar-refractivity contribution is 6.15. The second-order valence-corrected chi connectivity index (χ2v) is 8.22. The van der Waals surface area contributed by atoms with Crippen molar-refractivity contribution in [3.05, 3.63) is 84.9 Å². The Kier molecular flexibility index (Phi) is 7.17. The number of hydrogen-bond donors (Lipinski definition) is 5. The molecule has 0 aliphatic rings. The monoisotopic (exact) mass is 458 g/mol. The number of aliphatic hydroxyl groups excluding tert-OH is 5. The van der Waals surface area contributed by atoms with Gasteiger partial charge in [0.2, 0.25) is 0 Å². The van der Waals surface area contributed by atoms with E-state index in [1.54, 1.807) is 0 Å². The first-order valence-electron chi connectivity index (χ1n) is 11.0. The van der Waals surface area contributed by atoms with E-state index in [-0.39, 0.29) is 0 Å². The highest BCUT2D eigenvalue weighted by Gasteiger charge is 2.28. The number of ketones is 1. The Morgan fingerprint density at radius 1 is 0.618 bits per heavy atom. The summed E-state index contributed by atoms with van der Waals surface area (Å²) in [6, 6.07) is 30.8. The standard InChI is InChI=1S/C22H14.C6H12O6/c1-3-7-17-13-21-19(11-15(17)5-1)9-10-20-12-16-6-2-4-8-18(16)14-22(20)21;7-1-3(9)5(11)6(12)4(10)2-8/h1-14H;3,5-9,11-12H,1-2H2. The number of Topliss-reactive ketones (excluding diaryl/α,β-unsaturated/α-hetero) is 1. The lowest BCUT2D eigenvalue weighted by atomic mass is 9.96. The third-order valence-corrected chi connectivity index (χ3v) is 5.96. The summed E-state index contributed by atoms with van der Waals surface area (Å²) in [6.45, 7) is -1.69. The molecule has 0 bridgehead atoms. The van der Waals surface area contributed by atoms with Crippen LogP contribution in [0.4, 0.5) is 0 Å². The van der Waals surface area contributed by atoms with E-state index in [0.717, 1.165) is 0 Å². The van der Waals surface area contributed by atoms with Crippen LogP contribution in [-0.2, 0) is 4.79 Å². The number of aliphatic hydroxyl groups is 5. The summed E-state index contributed by atoms with van der Waals surface area (Å²) in [4.78, 5) is 10.5. The van der Waals surface area contributed by atoms with Crippen LogP contribution in [0.2, 0.25) is 0 Å². The minimum Gasteiger partial charge on any atom is -0.394 e. The second kappa shape index (κ2) is 10.3. The molecule has 6 heteroatoms. The van der Waals surface area contributed by atoms with Gasteiger partial charge in [-0.2, -0.15) is 0 Å². The van der Waals surface area contributed by atoms with Crippen molar-refractivity contribution in [2.24, 2.45) is 0 Å². The normalized spacial score (nSPS) is 14.0. The Morgan fingerprint density at radius 2 is 1.03 bits per heavy atom. The average Bonchev–Trinajstić information content (AvgIpc) is 2.89. The molecule has 0 fully saturated rings. The molecule has 0 radical (unpaired) electrons. The van der Waals surface area contributed by atoms with Crippen molar-refractivity contribution < 1.29 is 30.3 Å². The third-order valence-electron chi connectivity index (χ3n) is 5.96. The number of fused-ring (bicyclic) bond motifs is 5. The Morgan fingerprint density at radius 3 is 1.41 bits per heavy atom. The number of benzene rings is 5. The molecule has 0 aliphatic carbocycles. The van der Waals surface area contributed by atoms with Crippen molar-refractivity contribution in [2.75, 3.05) is 13.2 Å². The topological polar surface area (TPSA) is 118 Å². The highest BCUT2D eigenvalue weighted by atomic mass is 16.4. The molecule has 0 aliphatic heterocycles. The van der Waals surface area contributed by atoms with E-state index in [4.69, 9.17) is 25.5 Å². The van der Waals surface area contributed by atoms with E-state index in [2.05, 4.69) is 84.9 Å². The van der Waals surface area contributed by atoms with Gasteiger partial charge in [0.1, 0.15) is 24.9 Å². The van der Waals surface area contributed by atoms with Gasteiger partial charge in [-0.25, -0.2) is 0 Å². The smallest absolute Gasteiger partial charge is 0.189 e. The quantitative estimate of drug-likeness (QED) is 0.204. The molecule has 6 nitrogen and oxygen atoms in total. The van der Waals surface area contributed by atoms with Crippen LogP contribution in [0.15, 0.2) is 84.9 Å². The minimum absolute atomic E-state index is 0.767. The molecule has 174 valence electrons. The van der Waals surface area contributed by atoms with Crippen molar-refractivity contribution in [2.45, 2.75) is 18.3 Å². The van der Waals surface area contributed by atoms with E-state index in [1.165, 1.54) is 43.1 Å². The van der Waals surface area contributed by atoms with Crippen molar-refractivity contribution in [1.82, 2.24) is 0 Å². The van der Waals surface area contributed by atoms with E-state index in [1.807, 2.05) is 0 Å². The van der Waals surface area contributed by atoms with E-state index in [0.29, 0.717) is 0 Å². The fraction of sp³-hybridized carbons (Fsp3) is 0.179. The average molecular weight is 459 g/mol. The number of hydrogen-bond acceptors (Lipinski definition) is 6. The van der Waals surface area contributed by atoms with Gasteiger partial charge in [0.25, 0.3) is 0 Å². The second-order valence-electron chi connectivity index (χ2n) is 8.22. The molecule has 5 aromatic carbocycles. The molecule has 5 aromatic rings. The van der Waals surface area contributed by atoms with Crippen molar-refractivity contribution in [3.8, 4) is 0 Å². The SMILES string of the molecule is O=C(CO)C(O)C(O)C(O)CO.c1ccc2cc3c(ccc4cc5ccccc5cc43)cc2c1. The Balaban J connectivity index is 0.000000197. The van der Waals surface area contributed by atoms with E-state index >= 15 is 0 Å². The Hall–Kier alpha value is -3.39. The summed E-state index contributed by atoms with van der Waals surface area (Å²) in [5.41, 5.74) is 0. The summed E-state index contributed by atoms with van der Waals surface area (Å²) in [6.07, 6.45) is -5.22. The van der Waals surface area contributed by atoms with Crippen LogP contribution in [0.5, 0.6) is 0 Å². The summed E-state index contributed by atoms with van der Waals surface area (Å²) in [5.74, 6) is -1.00. The van der Waals surface area contributed by atoms with Gasteiger partial charge in [-0.1, -0.05) is 60.7 Å². The van der Waals surface area contributed by atoms with Crippen LogP contribution >= 0.6 is 0 Å². The molecule has 5 N–H and O–H groups in total. The summed E-state index contributed by atoms with van der Waals surface area (Å²) < 4.78 is 0. The molecule has 5 rings (SSSR count). The van der Waals surface area contributed by atoms with Crippen molar-refractivity contribution in [1.29, 1.82) is 0 Å². The molecular formula is C28H26O6. The van der Waals surface area contributed by atoms with Gasteiger partial charge >= 0.3 is 0 Å². The van der Waals surface area contributed by atoms with Crippen LogP contribution in [0.25, 0.3) is 43.1 Å². The lowest BCUT2D eigenvalue weighted by Crippen LogP contribution is -2.44. The molecule has 0 spiro atoms. The largest absolute Gasteiger partial charge is 0.394 e. The Bertz CT molecular complexity index is 1370. The zero-order valence-corrected chi connectivity index (χ0v) is 18.4. The third kappa shape index (κ3) is 4.77. The lowest BCUT2D eigenvalue weighted by molar-refractivity contribution is -0.142. The molecule has 0 saturated carbocycles. The van der Waals surface area contributed by atoms with Gasteiger partial charge in [0.15, 0.2) is 5.78 Å². The van der Waals surface area contributed by atoms with Crippen LogP contribution in [0.1, 0.15) is 0 Å². The summed E-state index contributed by atoms with van der Waals surface area (Å²) >= 11 is 0. The molecular weight excluding hydrogens is 432 g/mol. The molecule has 0 amide bonds. The van der Waals surface area contributed by atoms with Gasteiger partial charge in [0.05, 0.1) is 6.61 Å². The fourth-order valence-electron chi connectivity index (χ4n) is 4.04. The van der Waals surface area contributed by atoms with Crippen LogP contribution in [-0.4, -0.2) is 62.8 Å². The van der Waals surface area contributed by atoms with Gasteiger partial charge in [-0.3, -0.25) is 4.79 Å². The zero-order chi connectivity index (χ0) is 24.2. The van der Waals surface area contributed by atoms with E-state index in [9.17, 15) is 4.79 Å². The van der Waals surface area contributed by atoms with Gasteiger partial charge in [-0.15, -0.1) is 0 Å². The first kappa shape index (κ1) is 23.8. The van der Waals surface area contributed by atoms with Gasteiger partial charge < -0.3 is 25.5 Å². The lowest BCUT2D eigenvalue weighted by Gasteiger charge is -2.19. The number of carbonyl (C=O) groups is 1. The van der Waals surface area contributed by atoms with Gasteiger partial charge in [-0.05, 0) is 67.4 Å². The van der Waals surface area contributed by atoms with Crippen molar-refractivity contribution >= 4 is 48.9 Å². The first-order valence-corrected chi connectivity index (χ1v) is 11.0. The van der Waals surface area contributed by atoms with Crippen molar-refractivity contribution in [3.63, 3.8) is 0 Å². The van der Waals surface area contributed by atoms with Crippen LogP contribution in [0, 0.1) is 0 Å². The van der Waals surface area contributed by atoms with Gasteiger partial charge in [0, 0.05) is 0 Å². The molecule has 3 atom stereocenters. The molecule has 0 saturated heterocycles.